The fourth-order valence-electron chi connectivity index (χ4n) is 1.54. The van der Waals surface area contributed by atoms with Crippen molar-refractivity contribution in [2.45, 2.75) is 0 Å². The predicted octanol–water partition coefficient (Wildman–Crippen LogP) is 1.88. The summed E-state index contributed by atoms with van der Waals surface area (Å²) in [6.07, 6.45) is 1.13. The molecule has 0 spiro atoms. The number of nitrogen functional groups attached to an aromatic ring is 1. The molecule has 4 nitrogen and oxygen atoms in total. The monoisotopic (exact) mass is 238 g/mol. The van der Waals surface area contributed by atoms with Crippen LogP contribution in [0.25, 0.3) is 10.9 Å². The number of esters is 1. The lowest BCUT2D eigenvalue weighted by Gasteiger charge is -2.07. The fourth-order valence-corrected chi connectivity index (χ4v) is 1.54. The molecule has 0 aliphatic rings. The van der Waals surface area contributed by atoms with Crippen LogP contribution in [0.3, 0.4) is 0 Å². The van der Waals surface area contributed by atoms with Gasteiger partial charge in [-0.2, -0.15) is 0 Å². The van der Waals surface area contributed by atoms with Crippen molar-refractivity contribution in [1.82, 2.24) is 4.98 Å². The van der Waals surface area contributed by atoms with Crippen molar-refractivity contribution in [3.8, 4) is 0 Å². The average Bonchev–Trinajstić information content (AvgIpc) is 2.27. The van der Waals surface area contributed by atoms with E-state index in [2.05, 4.69) is 9.72 Å². The Labute approximate surface area is 95.0 Å². The van der Waals surface area contributed by atoms with E-state index in [1.54, 1.807) is 0 Å². The number of methoxy groups -OCH3 is 1. The number of carbonyl (C=O) groups excluding carboxylic acids is 1. The van der Waals surface area contributed by atoms with Gasteiger partial charge in [0, 0.05) is 18.3 Å². The van der Waals surface area contributed by atoms with E-state index in [-0.39, 0.29) is 22.2 Å². The number of ether oxygens (including phenoxy) is 1. The Morgan fingerprint density at radius 3 is 2.76 bits per heavy atom. The molecule has 0 fully saturated rings. The molecule has 88 valence electrons. The zero-order valence-electron chi connectivity index (χ0n) is 8.83. The van der Waals surface area contributed by atoms with Crippen LogP contribution in [0.1, 0.15) is 10.4 Å². The van der Waals surface area contributed by atoms with Gasteiger partial charge in [0.15, 0.2) is 0 Å². The van der Waals surface area contributed by atoms with Crippen LogP contribution in [-0.4, -0.2) is 18.1 Å². The molecule has 0 atom stereocenters. The van der Waals surface area contributed by atoms with Gasteiger partial charge in [0.05, 0.1) is 23.7 Å². The number of pyridine rings is 1. The van der Waals surface area contributed by atoms with Crippen LogP contribution in [-0.2, 0) is 4.74 Å². The number of hydrogen-bond donors (Lipinski definition) is 1. The molecule has 1 heterocycles. The van der Waals surface area contributed by atoms with Crippen molar-refractivity contribution >= 4 is 22.6 Å². The molecule has 6 heteroatoms. The Morgan fingerprint density at radius 2 is 2.12 bits per heavy atom. The zero-order chi connectivity index (χ0) is 12.6. The minimum absolute atomic E-state index is 0.0488. The van der Waals surface area contributed by atoms with Gasteiger partial charge in [-0.05, 0) is 0 Å². The van der Waals surface area contributed by atoms with Crippen LogP contribution in [0.2, 0.25) is 0 Å². The molecule has 0 amide bonds. The second kappa shape index (κ2) is 3.97. The van der Waals surface area contributed by atoms with Gasteiger partial charge in [-0.3, -0.25) is 4.98 Å². The predicted molar refractivity (Wildman–Crippen MR) is 57.4 cm³/mol. The lowest BCUT2D eigenvalue weighted by Crippen LogP contribution is -2.07. The molecule has 1 aromatic heterocycles. The highest BCUT2D eigenvalue weighted by Crippen LogP contribution is 2.26. The molecule has 0 saturated heterocycles. The van der Waals surface area contributed by atoms with Gasteiger partial charge >= 0.3 is 5.97 Å². The molecule has 2 rings (SSSR count). The first kappa shape index (κ1) is 11.3. The summed E-state index contributed by atoms with van der Waals surface area (Å²) >= 11 is 0. The highest BCUT2D eigenvalue weighted by molar-refractivity contribution is 6.04. The van der Waals surface area contributed by atoms with E-state index in [1.807, 2.05) is 0 Å². The number of aromatic nitrogens is 1. The van der Waals surface area contributed by atoms with E-state index < -0.39 is 17.6 Å². The van der Waals surface area contributed by atoms with Crippen molar-refractivity contribution in [2.75, 3.05) is 12.8 Å². The van der Waals surface area contributed by atoms with Crippen LogP contribution in [0.5, 0.6) is 0 Å². The highest BCUT2D eigenvalue weighted by Gasteiger charge is 2.16. The van der Waals surface area contributed by atoms with Gasteiger partial charge < -0.3 is 10.5 Å². The van der Waals surface area contributed by atoms with E-state index in [9.17, 15) is 13.6 Å². The lowest BCUT2D eigenvalue weighted by atomic mass is 10.1. The molecule has 0 unspecified atom stereocenters. The summed E-state index contributed by atoms with van der Waals surface area (Å²) in [7, 11) is 1.17. The normalized spacial score (nSPS) is 10.5. The third kappa shape index (κ3) is 1.77. The maximum absolute atomic E-state index is 13.5. The first-order valence-corrected chi connectivity index (χ1v) is 4.66. The standard InChI is InChI=1S/C11H8F2N2O2/c1-17-11(16)6-4-15-8-3-5(12)2-7(13)9(8)10(6)14/h2-4H,1H3,(H2,14,15). The molecule has 0 bridgehead atoms. The van der Waals surface area contributed by atoms with Gasteiger partial charge in [-0.15, -0.1) is 0 Å². The molecule has 0 aliphatic carbocycles. The largest absolute Gasteiger partial charge is 0.465 e. The van der Waals surface area contributed by atoms with E-state index >= 15 is 0 Å². The number of nitrogens with two attached hydrogens (primary N) is 1. The van der Waals surface area contributed by atoms with Crippen molar-refractivity contribution in [2.24, 2.45) is 0 Å². The highest BCUT2D eigenvalue weighted by atomic mass is 19.1. The van der Waals surface area contributed by atoms with Gasteiger partial charge in [0.1, 0.15) is 17.2 Å². The van der Waals surface area contributed by atoms with Crippen molar-refractivity contribution in [3.05, 3.63) is 35.5 Å². The molecular formula is C11H8F2N2O2. The topological polar surface area (TPSA) is 65.2 Å². The van der Waals surface area contributed by atoms with Gasteiger partial charge in [-0.25, -0.2) is 13.6 Å². The minimum Gasteiger partial charge on any atom is -0.465 e. The smallest absolute Gasteiger partial charge is 0.341 e. The SMILES string of the molecule is COC(=O)c1cnc2cc(F)cc(F)c2c1N. The quantitative estimate of drug-likeness (QED) is 0.770. The molecule has 0 saturated carbocycles. The zero-order valence-corrected chi connectivity index (χ0v) is 8.83. The molecule has 17 heavy (non-hydrogen) atoms. The van der Waals surface area contributed by atoms with E-state index in [0.29, 0.717) is 6.07 Å². The summed E-state index contributed by atoms with van der Waals surface area (Å²) in [4.78, 5) is 15.1. The second-order valence-corrected chi connectivity index (χ2v) is 3.36. The van der Waals surface area contributed by atoms with Gasteiger partial charge in [0.25, 0.3) is 0 Å². The first-order valence-electron chi connectivity index (χ1n) is 4.66. The Bertz CT molecular complexity index is 614. The van der Waals surface area contributed by atoms with Crippen LogP contribution in [0.4, 0.5) is 14.5 Å². The number of fused-ring (bicyclic) bond motifs is 1. The number of benzene rings is 1. The van der Waals surface area contributed by atoms with Crippen LogP contribution < -0.4 is 5.73 Å². The van der Waals surface area contributed by atoms with Crippen molar-refractivity contribution in [3.63, 3.8) is 0 Å². The Kier molecular flexibility index (Phi) is 2.63. The van der Waals surface area contributed by atoms with Gasteiger partial charge in [-0.1, -0.05) is 0 Å². The molecular weight excluding hydrogens is 230 g/mol. The second-order valence-electron chi connectivity index (χ2n) is 3.36. The Hall–Kier alpha value is -2.24. The van der Waals surface area contributed by atoms with Crippen LogP contribution >= 0.6 is 0 Å². The third-order valence-corrected chi connectivity index (χ3v) is 2.33. The lowest BCUT2D eigenvalue weighted by molar-refractivity contribution is 0.0601. The summed E-state index contributed by atoms with van der Waals surface area (Å²) in [5.74, 6) is -2.34. The van der Waals surface area contributed by atoms with Gasteiger partial charge in [0.2, 0.25) is 0 Å². The minimum atomic E-state index is -0.865. The Balaban J connectivity index is 2.80. The molecule has 0 aliphatic heterocycles. The Morgan fingerprint density at radius 1 is 1.41 bits per heavy atom. The number of rotatable bonds is 1. The fraction of sp³-hybridized carbons (Fsp3) is 0.0909. The summed E-state index contributed by atoms with van der Waals surface area (Å²) in [6.45, 7) is 0. The number of halogens is 2. The van der Waals surface area contributed by atoms with Crippen molar-refractivity contribution < 1.29 is 18.3 Å². The number of anilines is 1. The van der Waals surface area contributed by atoms with E-state index in [1.165, 1.54) is 7.11 Å². The molecule has 2 aromatic rings. The maximum Gasteiger partial charge on any atom is 0.341 e. The summed E-state index contributed by atoms with van der Waals surface area (Å²) in [5, 5.41) is -0.0886. The number of nitrogens with zero attached hydrogens (tertiary/aromatic N) is 1. The van der Waals surface area contributed by atoms with Crippen LogP contribution in [0, 0.1) is 11.6 Å². The average molecular weight is 238 g/mol. The molecule has 0 radical (unpaired) electrons. The summed E-state index contributed by atoms with van der Waals surface area (Å²) < 4.78 is 31.0. The summed E-state index contributed by atoms with van der Waals surface area (Å²) in [6, 6.07) is 1.72. The molecule has 2 N–H and O–H groups in total. The molecule has 1 aromatic carbocycles. The first-order chi connectivity index (χ1) is 8.04. The third-order valence-electron chi connectivity index (χ3n) is 2.33. The number of hydrogen-bond acceptors (Lipinski definition) is 4. The summed E-state index contributed by atoms with van der Waals surface area (Å²) in [5.41, 5.74) is 5.53. The van der Waals surface area contributed by atoms with E-state index in [4.69, 9.17) is 5.73 Å². The van der Waals surface area contributed by atoms with Crippen LogP contribution in [0.15, 0.2) is 18.3 Å². The number of carbonyl (C=O) groups is 1. The van der Waals surface area contributed by atoms with Crippen molar-refractivity contribution in [1.29, 1.82) is 0 Å². The maximum atomic E-state index is 13.5. The van der Waals surface area contributed by atoms with E-state index in [0.717, 1.165) is 12.3 Å².